The second-order valence-corrected chi connectivity index (χ2v) is 3.27. The summed E-state index contributed by atoms with van der Waals surface area (Å²) in [7, 11) is 0. The lowest BCUT2D eigenvalue weighted by molar-refractivity contribution is 0.187. The largest absolute Gasteiger partial charge is 0.237 e. The molecule has 0 aliphatic carbocycles. The van der Waals surface area contributed by atoms with Gasteiger partial charge in [0.1, 0.15) is 0 Å². The van der Waals surface area contributed by atoms with Crippen LogP contribution in [0.5, 0.6) is 0 Å². The summed E-state index contributed by atoms with van der Waals surface area (Å²) < 4.78 is 0. The average molecular weight is 155 g/mol. The van der Waals surface area contributed by atoms with Crippen molar-refractivity contribution < 1.29 is 5.11 Å². The molecule has 0 N–H and O–H groups in total. The molecule has 0 bridgehead atoms. The van der Waals surface area contributed by atoms with Crippen molar-refractivity contribution >= 4 is 11.3 Å². The highest BCUT2D eigenvalue weighted by Crippen LogP contribution is 2.11. The summed E-state index contributed by atoms with van der Waals surface area (Å²) >= 11 is 1.77. The molecule has 1 aromatic heterocycles. The highest BCUT2D eigenvalue weighted by molar-refractivity contribution is 7.09. The maximum atomic E-state index is 10.1. The molecule has 0 aliphatic heterocycles. The highest BCUT2D eigenvalue weighted by Gasteiger charge is 1.92. The van der Waals surface area contributed by atoms with Crippen LogP contribution in [0.15, 0.2) is 17.5 Å². The number of rotatable bonds is 4. The van der Waals surface area contributed by atoms with Crippen LogP contribution < -0.4 is 0 Å². The molecule has 1 aromatic rings. The van der Waals surface area contributed by atoms with Gasteiger partial charge in [0.05, 0.1) is 6.61 Å². The predicted molar refractivity (Wildman–Crippen MR) is 42.8 cm³/mol. The minimum Gasteiger partial charge on any atom is -0.237 e. The lowest BCUT2D eigenvalue weighted by Crippen LogP contribution is -1.83. The van der Waals surface area contributed by atoms with Crippen LogP contribution in [0.4, 0.5) is 0 Å². The molecule has 2 heteroatoms. The molecular formula is C8H11OS. The lowest BCUT2D eigenvalue weighted by atomic mass is 10.2. The van der Waals surface area contributed by atoms with Crippen LogP contribution in [0.25, 0.3) is 0 Å². The quantitative estimate of drug-likeness (QED) is 0.595. The van der Waals surface area contributed by atoms with E-state index in [1.165, 1.54) is 4.88 Å². The number of thiophene rings is 1. The molecule has 10 heavy (non-hydrogen) atoms. The van der Waals surface area contributed by atoms with Crippen LogP contribution in [0.3, 0.4) is 0 Å². The van der Waals surface area contributed by atoms with Crippen molar-refractivity contribution in [3.63, 3.8) is 0 Å². The van der Waals surface area contributed by atoms with E-state index in [1.54, 1.807) is 11.3 Å². The number of unbranched alkanes of at least 4 members (excludes halogenated alkanes) is 1. The Hall–Kier alpha value is -0.340. The maximum Gasteiger partial charge on any atom is 0.0822 e. The highest BCUT2D eigenvalue weighted by atomic mass is 32.1. The number of hydrogen-bond acceptors (Lipinski definition) is 1. The van der Waals surface area contributed by atoms with E-state index in [2.05, 4.69) is 17.5 Å². The van der Waals surface area contributed by atoms with Crippen molar-refractivity contribution in [3.05, 3.63) is 22.4 Å². The molecular weight excluding hydrogens is 144 g/mol. The van der Waals surface area contributed by atoms with Crippen LogP contribution in [0.2, 0.25) is 0 Å². The Kier molecular flexibility index (Phi) is 3.47. The smallest absolute Gasteiger partial charge is 0.0822 e. The first-order valence-electron chi connectivity index (χ1n) is 3.54. The first-order chi connectivity index (χ1) is 4.93. The maximum absolute atomic E-state index is 10.1. The SMILES string of the molecule is [O]CCCCc1cccs1. The van der Waals surface area contributed by atoms with Crippen LogP contribution in [-0.2, 0) is 11.5 Å². The summed E-state index contributed by atoms with van der Waals surface area (Å²) in [6, 6.07) is 4.17. The second-order valence-electron chi connectivity index (χ2n) is 2.24. The predicted octanol–water partition coefficient (Wildman–Crippen LogP) is 2.50. The van der Waals surface area contributed by atoms with Gasteiger partial charge in [-0.15, -0.1) is 11.3 Å². The van der Waals surface area contributed by atoms with Crippen LogP contribution in [0.1, 0.15) is 17.7 Å². The topological polar surface area (TPSA) is 19.9 Å². The van der Waals surface area contributed by atoms with Gasteiger partial charge in [0.2, 0.25) is 0 Å². The fraction of sp³-hybridized carbons (Fsp3) is 0.500. The third kappa shape index (κ3) is 2.50. The van der Waals surface area contributed by atoms with Crippen LogP contribution >= 0.6 is 11.3 Å². The van der Waals surface area contributed by atoms with Gasteiger partial charge in [0.15, 0.2) is 0 Å². The Morgan fingerprint density at radius 3 is 2.90 bits per heavy atom. The molecule has 1 rings (SSSR count). The Morgan fingerprint density at radius 2 is 2.30 bits per heavy atom. The van der Waals surface area contributed by atoms with Crippen molar-refractivity contribution in [1.82, 2.24) is 0 Å². The van der Waals surface area contributed by atoms with E-state index in [1.807, 2.05) is 0 Å². The molecule has 0 unspecified atom stereocenters. The van der Waals surface area contributed by atoms with E-state index in [0.717, 1.165) is 19.3 Å². The monoisotopic (exact) mass is 155 g/mol. The molecule has 0 aliphatic rings. The zero-order chi connectivity index (χ0) is 7.23. The third-order valence-corrected chi connectivity index (χ3v) is 2.33. The molecule has 0 atom stereocenters. The molecule has 0 saturated carbocycles. The Bertz CT molecular complexity index is 158. The average Bonchev–Trinajstić information content (AvgIpc) is 2.41. The van der Waals surface area contributed by atoms with E-state index in [9.17, 15) is 5.11 Å². The van der Waals surface area contributed by atoms with Gasteiger partial charge in [-0.1, -0.05) is 6.07 Å². The normalized spacial score (nSPS) is 10.1. The number of aryl methyl sites for hydroxylation is 1. The van der Waals surface area contributed by atoms with Gasteiger partial charge in [-0.2, -0.15) is 0 Å². The van der Waals surface area contributed by atoms with Crippen molar-refractivity contribution in [2.75, 3.05) is 6.61 Å². The molecule has 0 saturated heterocycles. The standard InChI is InChI=1S/C8H11OS/c9-6-2-1-4-8-5-3-7-10-8/h3,5,7H,1-2,4,6H2. The third-order valence-electron chi connectivity index (χ3n) is 1.40. The van der Waals surface area contributed by atoms with Crippen molar-refractivity contribution in [2.24, 2.45) is 0 Å². The minimum absolute atomic E-state index is 0.0748. The van der Waals surface area contributed by atoms with Crippen molar-refractivity contribution in [2.45, 2.75) is 19.3 Å². The second kappa shape index (κ2) is 4.47. The summed E-state index contributed by atoms with van der Waals surface area (Å²) in [5, 5.41) is 12.1. The van der Waals surface area contributed by atoms with Crippen molar-refractivity contribution in [1.29, 1.82) is 0 Å². The summed E-state index contributed by atoms with van der Waals surface area (Å²) in [4.78, 5) is 1.40. The summed E-state index contributed by atoms with van der Waals surface area (Å²) in [6.07, 6.45) is 2.95. The van der Waals surface area contributed by atoms with Crippen LogP contribution in [0, 0.1) is 0 Å². The van der Waals surface area contributed by atoms with Crippen molar-refractivity contribution in [3.8, 4) is 0 Å². The van der Waals surface area contributed by atoms with Crippen LogP contribution in [-0.4, -0.2) is 6.61 Å². The van der Waals surface area contributed by atoms with E-state index < -0.39 is 0 Å². The van der Waals surface area contributed by atoms with E-state index >= 15 is 0 Å². The minimum atomic E-state index is 0.0748. The van der Waals surface area contributed by atoms with Gasteiger partial charge in [-0.05, 0) is 30.7 Å². The molecule has 1 nitrogen and oxygen atoms in total. The molecule has 1 heterocycles. The van der Waals surface area contributed by atoms with Gasteiger partial charge in [-0.3, -0.25) is 0 Å². The van der Waals surface area contributed by atoms with E-state index in [0.29, 0.717) is 0 Å². The Morgan fingerprint density at radius 1 is 1.40 bits per heavy atom. The molecule has 1 radical (unpaired) electrons. The summed E-state index contributed by atoms with van der Waals surface area (Å²) in [5.74, 6) is 0. The van der Waals surface area contributed by atoms with E-state index in [4.69, 9.17) is 0 Å². The molecule has 0 spiro atoms. The van der Waals surface area contributed by atoms with Gasteiger partial charge in [0, 0.05) is 4.88 Å². The fourth-order valence-corrected chi connectivity index (χ4v) is 1.61. The molecule has 0 amide bonds. The van der Waals surface area contributed by atoms with Gasteiger partial charge >= 0.3 is 0 Å². The first-order valence-corrected chi connectivity index (χ1v) is 4.42. The zero-order valence-corrected chi connectivity index (χ0v) is 6.69. The zero-order valence-electron chi connectivity index (χ0n) is 5.88. The Labute approximate surface area is 65.3 Å². The molecule has 55 valence electrons. The molecule has 0 aromatic carbocycles. The Balaban J connectivity index is 2.15. The summed E-state index contributed by atoms with van der Waals surface area (Å²) in [6.45, 7) is 0.0748. The van der Waals surface area contributed by atoms with Gasteiger partial charge in [0.25, 0.3) is 0 Å². The summed E-state index contributed by atoms with van der Waals surface area (Å²) in [5.41, 5.74) is 0. The lowest BCUT2D eigenvalue weighted by Gasteiger charge is -1.92. The molecule has 0 fully saturated rings. The van der Waals surface area contributed by atoms with Gasteiger partial charge in [-0.25, -0.2) is 5.11 Å². The number of hydrogen-bond donors (Lipinski definition) is 0. The van der Waals surface area contributed by atoms with E-state index in [-0.39, 0.29) is 6.61 Å². The first kappa shape index (κ1) is 7.76. The fourth-order valence-electron chi connectivity index (χ4n) is 0.856. The van der Waals surface area contributed by atoms with Gasteiger partial charge < -0.3 is 0 Å².